The summed E-state index contributed by atoms with van der Waals surface area (Å²) in [5, 5.41) is 14.8. The Balaban J connectivity index is 0.000000292. The van der Waals surface area contributed by atoms with Gasteiger partial charge in [0.2, 0.25) is 0 Å². The average molecular weight is 171 g/mol. The first kappa shape index (κ1) is 10.5. The maximum atomic E-state index is 7.00. The highest BCUT2D eigenvalue weighted by Crippen LogP contribution is 2.08. The van der Waals surface area contributed by atoms with Gasteiger partial charge in [0.25, 0.3) is 0 Å². The molecule has 0 spiro atoms. The van der Waals surface area contributed by atoms with Crippen molar-refractivity contribution in [1.82, 2.24) is 0 Å². The van der Waals surface area contributed by atoms with E-state index in [1.807, 2.05) is 31.2 Å². The van der Waals surface area contributed by atoms with Gasteiger partial charge in [-0.3, -0.25) is 0 Å². The van der Waals surface area contributed by atoms with Crippen molar-refractivity contribution in [2.75, 3.05) is 0 Å². The van der Waals surface area contributed by atoms with Crippen molar-refractivity contribution in [3.05, 3.63) is 34.9 Å². The summed E-state index contributed by atoms with van der Waals surface area (Å²) in [5.74, 6) is 0. The van der Waals surface area contributed by atoms with Gasteiger partial charge in [0.1, 0.15) is 0 Å². The van der Waals surface area contributed by atoms with Crippen LogP contribution >= 0.6 is 11.6 Å². The SMILES string of the molecule is Cc1cccc(Cl)c1.O[B]O. The van der Waals surface area contributed by atoms with Gasteiger partial charge in [-0.2, -0.15) is 0 Å². The molecule has 0 amide bonds. The molecular weight excluding hydrogens is 162 g/mol. The Hall–Kier alpha value is -0.505. The van der Waals surface area contributed by atoms with Gasteiger partial charge in [-0.25, -0.2) is 0 Å². The minimum Gasteiger partial charge on any atom is -0.429 e. The zero-order valence-corrected chi connectivity index (χ0v) is 6.92. The first-order valence-corrected chi connectivity index (χ1v) is 3.40. The number of hydrogen-bond acceptors (Lipinski definition) is 2. The van der Waals surface area contributed by atoms with E-state index in [1.54, 1.807) is 0 Å². The van der Waals surface area contributed by atoms with Crippen molar-refractivity contribution in [3.63, 3.8) is 0 Å². The van der Waals surface area contributed by atoms with Gasteiger partial charge in [0.05, 0.1) is 0 Å². The van der Waals surface area contributed by atoms with Crippen LogP contribution in [0.25, 0.3) is 0 Å². The molecule has 4 heteroatoms. The van der Waals surface area contributed by atoms with Gasteiger partial charge >= 0.3 is 7.69 Å². The van der Waals surface area contributed by atoms with E-state index in [0.29, 0.717) is 0 Å². The van der Waals surface area contributed by atoms with Gasteiger partial charge in [0.15, 0.2) is 0 Å². The smallest absolute Gasteiger partial charge is 0.429 e. The quantitative estimate of drug-likeness (QED) is 0.575. The lowest BCUT2D eigenvalue weighted by Crippen LogP contribution is -1.75. The fourth-order valence-corrected chi connectivity index (χ4v) is 0.850. The summed E-state index contributed by atoms with van der Waals surface area (Å²) < 4.78 is 0. The first-order valence-electron chi connectivity index (χ1n) is 3.03. The Bertz CT molecular complexity index is 188. The molecule has 0 unspecified atom stereocenters. The molecule has 0 aromatic heterocycles. The van der Waals surface area contributed by atoms with E-state index in [2.05, 4.69) is 0 Å². The van der Waals surface area contributed by atoms with E-state index >= 15 is 0 Å². The van der Waals surface area contributed by atoms with Crippen LogP contribution in [0, 0.1) is 6.92 Å². The average Bonchev–Trinajstić information content (AvgIpc) is 1.88. The fourth-order valence-electron chi connectivity index (χ4n) is 0.606. The lowest BCUT2D eigenvalue weighted by Gasteiger charge is -1.88. The summed E-state index contributed by atoms with van der Waals surface area (Å²) >= 11 is 5.64. The summed E-state index contributed by atoms with van der Waals surface area (Å²) in [7, 11) is 0. The van der Waals surface area contributed by atoms with E-state index in [9.17, 15) is 0 Å². The molecule has 0 aliphatic rings. The number of hydrogen-bond donors (Lipinski definition) is 2. The van der Waals surface area contributed by atoms with Crippen molar-refractivity contribution in [3.8, 4) is 0 Å². The molecule has 0 aliphatic heterocycles. The second-order valence-corrected chi connectivity index (χ2v) is 2.35. The predicted octanol–water partition coefficient (Wildman–Crippen LogP) is 1.15. The first-order chi connectivity index (χ1) is 5.20. The third-order valence-electron chi connectivity index (χ3n) is 0.980. The minimum atomic E-state index is 0. The molecule has 0 atom stereocenters. The molecule has 1 radical (unpaired) electrons. The van der Waals surface area contributed by atoms with Gasteiger partial charge < -0.3 is 10.0 Å². The Morgan fingerprint density at radius 3 is 2.18 bits per heavy atom. The molecule has 0 saturated heterocycles. The third-order valence-corrected chi connectivity index (χ3v) is 1.22. The number of benzene rings is 1. The summed E-state index contributed by atoms with van der Waals surface area (Å²) in [5.41, 5.74) is 1.21. The van der Waals surface area contributed by atoms with Crippen LogP contribution in [-0.2, 0) is 0 Å². The van der Waals surface area contributed by atoms with Crippen LogP contribution in [0.15, 0.2) is 24.3 Å². The molecule has 11 heavy (non-hydrogen) atoms. The lowest BCUT2D eigenvalue weighted by molar-refractivity contribution is 0.448. The van der Waals surface area contributed by atoms with Gasteiger partial charge in [-0.1, -0.05) is 23.7 Å². The van der Waals surface area contributed by atoms with Gasteiger partial charge in [-0.15, -0.1) is 0 Å². The van der Waals surface area contributed by atoms with Crippen molar-refractivity contribution >= 4 is 19.3 Å². The summed E-state index contributed by atoms with van der Waals surface area (Å²) in [4.78, 5) is 0. The highest BCUT2D eigenvalue weighted by Gasteiger charge is 1.82. The van der Waals surface area contributed by atoms with Crippen molar-refractivity contribution in [2.45, 2.75) is 6.92 Å². The fraction of sp³-hybridized carbons (Fsp3) is 0.143. The Labute approximate surface area is 71.8 Å². The van der Waals surface area contributed by atoms with Crippen LogP contribution in [-0.4, -0.2) is 17.7 Å². The third kappa shape index (κ3) is 5.92. The molecule has 59 valence electrons. The standard InChI is InChI=1S/C7H7Cl.BH2O2/c1-6-3-2-4-7(8)5-6;2-1-3/h2-5H,1H3;2-3H. The Kier molecular flexibility index (Phi) is 5.94. The van der Waals surface area contributed by atoms with Crippen LogP contribution in [0.1, 0.15) is 5.56 Å². The van der Waals surface area contributed by atoms with Crippen molar-refractivity contribution in [2.24, 2.45) is 0 Å². The zero-order valence-electron chi connectivity index (χ0n) is 6.16. The molecule has 1 aromatic rings. The van der Waals surface area contributed by atoms with Crippen LogP contribution < -0.4 is 0 Å². The highest BCUT2D eigenvalue weighted by atomic mass is 35.5. The maximum Gasteiger partial charge on any atom is 0.482 e. The molecule has 0 bridgehead atoms. The molecule has 2 N–H and O–H groups in total. The Morgan fingerprint density at radius 2 is 1.91 bits per heavy atom. The number of aryl methyl sites for hydroxylation is 1. The van der Waals surface area contributed by atoms with E-state index in [4.69, 9.17) is 21.6 Å². The van der Waals surface area contributed by atoms with Crippen LogP contribution in [0.2, 0.25) is 5.02 Å². The minimum absolute atomic E-state index is 0. The molecule has 0 saturated carbocycles. The predicted molar refractivity (Wildman–Crippen MR) is 46.4 cm³/mol. The van der Waals surface area contributed by atoms with E-state index in [1.165, 1.54) is 5.56 Å². The molecule has 1 rings (SSSR count). The van der Waals surface area contributed by atoms with E-state index in [-0.39, 0.29) is 7.69 Å². The number of halogens is 1. The Morgan fingerprint density at radius 1 is 1.36 bits per heavy atom. The second-order valence-electron chi connectivity index (χ2n) is 1.91. The zero-order chi connectivity index (χ0) is 8.69. The maximum absolute atomic E-state index is 7.00. The normalized spacial score (nSPS) is 8.00. The van der Waals surface area contributed by atoms with E-state index < -0.39 is 0 Å². The van der Waals surface area contributed by atoms with Gasteiger partial charge in [0, 0.05) is 5.02 Å². The largest absolute Gasteiger partial charge is 0.482 e. The molecular formula is C7H9BClO2. The second kappa shape index (κ2) is 6.22. The number of rotatable bonds is 0. The highest BCUT2D eigenvalue weighted by molar-refractivity contribution is 6.30. The van der Waals surface area contributed by atoms with E-state index in [0.717, 1.165) is 5.02 Å². The molecule has 1 aromatic carbocycles. The van der Waals surface area contributed by atoms with Crippen LogP contribution in [0.5, 0.6) is 0 Å². The van der Waals surface area contributed by atoms with Crippen LogP contribution in [0.4, 0.5) is 0 Å². The molecule has 0 aliphatic carbocycles. The van der Waals surface area contributed by atoms with Crippen molar-refractivity contribution in [1.29, 1.82) is 0 Å². The monoisotopic (exact) mass is 171 g/mol. The topological polar surface area (TPSA) is 40.5 Å². The summed E-state index contributed by atoms with van der Waals surface area (Å²) in [6.45, 7) is 2.02. The lowest BCUT2D eigenvalue weighted by atomic mass is 10.2. The van der Waals surface area contributed by atoms with Gasteiger partial charge in [-0.05, 0) is 24.6 Å². The van der Waals surface area contributed by atoms with Crippen LogP contribution in [0.3, 0.4) is 0 Å². The molecule has 0 heterocycles. The summed E-state index contributed by atoms with van der Waals surface area (Å²) in [6, 6.07) is 7.76. The molecule has 2 nitrogen and oxygen atoms in total. The van der Waals surface area contributed by atoms with Crippen molar-refractivity contribution < 1.29 is 10.0 Å². The summed E-state index contributed by atoms with van der Waals surface area (Å²) in [6.07, 6.45) is 0. The molecule has 0 fully saturated rings.